The van der Waals surface area contributed by atoms with Gasteiger partial charge in [-0.25, -0.2) is 0 Å². The number of piperazine rings is 1. The number of β-amino-alcohol motifs (C(OH)–C–C–N with tert-alkyl or cyclic N) is 1. The van der Waals surface area contributed by atoms with E-state index in [0.717, 1.165) is 26.2 Å². The lowest BCUT2D eigenvalue weighted by atomic mass is 10.1. The highest BCUT2D eigenvalue weighted by Gasteiger charge is 2.25. The Morgan fingerprint density at radius 2 is 2.29 bits per heavy atom. The van der Waals surface area contributed by atoms with Gasteiger partial charge in [-0.1, -0.05) is 5.16 Å². The number of hydrogen-bond donors (Lipinski definition) is 1. The minimum absolute atomic E-state index is 0.279. The Labute approximate surface area is 125 Å². The highest BCUT2D eigenvalue weighted by atomic mass is 16.5. The topological polar surface area (TPSA) is 74.9 Å². The average Bonchev–Trinajstić information content (AvgIpc) is 2.87. The summed E-state index contributed by atoms with van der Waals surface area (Å²) in [5.74, 6) is 1.37. The molecule has 120 valence electrons. The fraction of sp³-hybridized carbons (Fsp3) is 0.857. The van der Waals surface area contributed by atoms with Crippen molar-refractivity contribution < 1.29 is 14.4 Å². The Kier molecular flexibility index (Phi) is 6.10. The first-order valence-corrected chi connectivity index (χ1v) is 7.53. The van der Waals surface area contributed by atoms with Crippen LogP contribution in [0.25, 0.3) is 0 Å². The number of aromatic nitrogens is 2. The number of rotatable bonds is 7. The van der Waals surface area contributed by atoms with Gasteiger partial charge in [-0.05, 0) is 13.8 Å². The van der Waals surface area contributed by atoms with E-state index in [1.54, 1.807) is 7.11 Å². The van der Waals surface area contributed by atoms with Crippen LogP contribution in [0.2, 0.25) is 0 Å². The molecule has 1 saturated heterocycles. The van der Waals surface area contributed by atoms with Gasteiger partial charge in [0.15, 0.2) is 5.82 Å². The van der Waals surface area contributed by atoms with Crippen molar-refractivity contribution in [3.05, 3.63) is 11.7 Å². The first-order chi connectivity index (χ1) is 10.1. The molecule has 1 aliphatic heterocycles. The Balaban J connectivity index is 1.80. The van der Waals surface area contributed by atoms with Crippen LogP contribution in [-0.2, 0) is 17.7 Å². The molecule has 1 fully saturated rings. The van der Waals surface area contributed by atoms with Gasteiger partial charge in [-0.15, -0.1) is 0 Å². The largest absolute Gasteiger partial charge is 0.392 e. The molecule has 0 radical (unpaired) electrons. The highest BCUT2D eigenvalue weighted by Crippen LogP contribution is 2.13. The number of methoxy groups -OCH3 is 1. The monoisotopic (exact) mass is 298 g/mol. The zero-order valence-corrected chi connectivity index (χ0v) is 13.2. The van der Waals surface area contributed by atoms with Gasteiger partial charge in [0, 0.05) is 45.8 Å². The molecule has 1 aromatic rings. The smallest absolute Gasteiger partial charge is 0.240 e. The van der Waals surface area contributed by atoms with Gasteiger partial charge in [0.05, 0.1) is 19.3 Å². The zero-order valence-electron chi connectivity index (χ0n) is 13.2. The fourth-order valence-corrected chi connectivity index (χ4v) is 2.67. The number of nitrogens with zero attached hydrogens (tertiary/aromatic N) is 4. The van der Waals surface area contributed by atoms with E-state index < -0.39 is 0 Å². The van der Waals surface area contributed by atoms with E-state index in [-0.39, 0.29) is 6.10 Å². The van der Waals surface area contributed by atoms with E-state index in [1.807, 2.05) is 6.92 Å². The second-order valence-corrected chi connectivity index (χ2v) is 5.78. The minimum atomic E-state index is -0.279. The first kappa shape index (κ1) is 16.4. The summed E-state index contributed by atoms with van der Waals surface area (Å²) in [5.41, 5.74) is 0. The van der Waals surface area contributed by atoms with Gasteiger partial charge >= 0.3 is 0 Å². The molecule has 2 heterocycles. The van der Waals surface area contributed by atoms with Gasteiger partial charge in [-0.3, -0.25) is 9.80 Å². The third-order valence-electron chi connectivity index (χ3n) is 3.75. The van der Waals surface area contributed by atoms with E-state index >= 15 is 0 Å². The van der Waals surface area contributed by atoms with Crippen molar-refractivity contribution in [2.24, 2.45) is 0 Å². The summed E-state index contributed by atoms with van der Waals surface area (Å²) in [6.07, 6.45) is 0.400. The van der Waals surface area contributed by atoms with Gasteiger partial charge < -0.3 is 14.4 Å². The summed E-state index contributed by atoms with van der Waals surface area (Å²) in [4.78, 5) is 9.02. The third-order valence-corrected chi connectivity index (χ3v) is 3.75. The third kappa shape index (κ3) is 5.03. The molecule has 7 heteroatoms. The van der Waals surface area contributed by atoms with E-state index in [4.69, 9.17) is 9.26 Å². The van der Waals surface area contributed by atoms with Crippen LogP contribution in [0, 0.1) is 0 Å². The van der Waals surface area contributed by atoms with Crippen molar-refractivity contribution in [2.75, 3.05) is 39.9 Å². The second kappa shape index (κ2) is 7.84. The molecule has 1 aliphatic rings. The van der Waals surface area contributed by atoms with Crippen molar-refractivity contribution in [3.63, 3.8) is 0 Å². The molecule has 0 unspecified atom stereocenters. The molecule has 0 amide bonds. The van der Waals surface area contributed by atoms with E-state index in [2.05, 4.69) is 26.9 Å². The Hall–Kier alpha value is -1.02. The Morgan fingerprint density at radius 1 is 1.48 bits per heavy atom. The molecule has 21 heavy (non-hydrogen) atoms. The normalized spacial score (nSPS) is 22.6. The minimum Gasteiger partial charge on any atom is -0.392 e. The van der Waals surface area contributed by atoms with Crippen LogP contribution >= 0.6 is 0 Å². The molecule has 0 spiro atoms. The summed E-state index contributed by atoms with van der Waals surface area (Å²) in [5, 5.41) is 13.5. The van der Waals surface area contributed by atoms with E-state index in [9.17, 15) is 5.11 Å². The molecule has 0 aliphatic carbocycles. The molecular weight excluding hydrogens is 272 g/mol. The van der Waals surface area contributed by atoms with Crippen LogP contribution in [0.5, 0.6) is 0 Å². The maximum Gasteiger partial charge on any atom is 0.240 e. The van der Waals surface area contributed by atoms with E-state index in [0.29, 0.717) is 37.3 Å². The predicted octanol–water partition coefficient (Wildman–Crippen LogP) is 0.145. The summed E-state index contributed by atoms with van der Waals surface area (Å²) in [6, 6.07) is 0.421. The lowest BCUT2D eigenvalue weighted by Crippen LogP contribution is -2.53. The Morgan fingerprint density at radius 3 is 2.95 bits per heavy atom. The quantitative estimate of drug-likeness (QED) is 0.767. The molecule has 1 aromatic heterocycles. The lowest BCUT2D eigenvalue weighted by Gasteiger charge is -2.39. The standard InChI is InChI=1S/C14H26N4O3/c1-11-8-17(5-6-18(11)9-12(2)19)10-14-15-13(16-21-14)4-7-20-3/h11-12,19H,4-10H2,1-3H3/t11-,12+/m0/s1. The SMILES string of the molecule is COCCc1noc(CN2CCN(C[C@@H](C)O)[C@@H](C)C2)n1. The van der Waals surface area contributed by atoms with Crippen LogP contribution in [-0.4, -0.2) is 77.1 Å². The second-order valence-electron chi connectivity index (χ2n) is 5.78. The maximum atomic E-state index is 9.50. The van der Waals surface area contributed by atoms with E-state index in [1.165, 1.54) is 0 Å². The average molecular weight is 298 g/mol. The van der Waals surface area contributed by atoms with Crippen LogP contribution in [0.1, 0.15) is 25.6 Å². The van der Waals surface area contributed by atoms with Crippen molar-refractivity contribution in [1.82, 2.24) is 19.9 Å². The summed E-state index contributed by atoms with van der Waals surface area (Å²) in [6.45, 7) is 8.90. The van der Waals surface area contributed by atoms with Gasteiger partial charge in [0.2, 0.25) is 5.89 Å². The summed E-state index contributed by atoms with van der Waals surface area (Å²) < 4.78 is 10.3. The highest BCUT2D eigenvalue weighted by molar-refractivity contribution is 4.89. The maximum absolute atomic E-state index is 9.50. The van der Waals surface area contributed by atoms with Crippen molar-refractivity contribution in [3.8, 4) is 0 Å². The number of aliphatic hydroxyl groups is 1. The fourth-order valence-electron chi connectivity index (χ4n) is 2.67. The van der Waals surface area contributed by atoms with Crippen molar-refractivity contribution in [2.45, 2.75) is 39.0 Å². The molecule has 0 saturated carbocycles. The Bertz CT molecular complexity index is 424. The molecule has 0 aromatic carbocycles. The first-order valence-electron chi connectivity index (χ1n) is 7.53. The molecule has 0 bridgehead atoms. The summed E-state index contributed by atoms with van der Waals surface area (Å²) in [7, 11) is 1.66. The van der Waals surface area contributed by atoms with Crippen molar-refractivity contribution in [1.29, 1.82) is 0 Å². The molecule has 2 rings (SSSR count). The van der Waals surface area contributed by atoms with Crippen LogP contribution in [0.4, 0.5) is 0 Å². The molecule has 1 N–H and O–H groups in total. The van der Waals surface area contributed by atoms with Crippen molar-refractivity contribution >= 4 is 0 Å². The molecule has 2 atom stereocenters. The number of ether oxygens (including phenoxy) is 1. The predicted molar refractivity (Wildman–Crippen MR) is 77.9 cm³/mol. The van der Waals surface area contributed by atoms with Crippen LogP contribution in [0.3, 0.4) is 0 Å². The lowest BCUT2D eigenvalue weighted by molar-refractivity contribution is 0.0385. The van der Waals surface area contributed by atoms with Gasteiger partial charge in [0.25, 0.3) is 0 Å². The van der Waals surface area contributed by atoms with Gasteiger partial charge in [0.1, 0.15) is 0 Å². The molecular formula is C14H26N4O3. The van der Waals surface area contributed by atoms with Gasteiger partial charge in [-0.2, -0.15) is 4.98 Å². The zero-order chi connectivity index (χ0) is 15.2. The number of hydrogen-bond acceptors (Lipinski definition) is 7. The van der Waals surface area contributed by atoms with Crippen LogP contribution in [0.15, 0.2) is 4.52 Å². The number of aliphatic hydroxyl groups excluding tert-OH is 1. The van der Waals surface area contributed by atoms with Crippen LogP contribution < -0.4 is 0 Å². The molecule has 7 nitrogen and oxygen atoms in total. The summed E-state index contributed by atoms with van der Waals surface area (Å²) >= 11 is 0.